The summed E-state index contributed by atoms with van der Waals surface area (Å²) in [5, 5.41) is 76.1. The maximum absolute atomic E-state index is 10.6. The number of rotatable bonds is 6. The molecule has 0 saturated heterocycles. The number of carbonyl (C=O) groups is 4. The van der Waals surface area contributed by atoms with Gasteiger partial charge in [-0.05, 0) is 83.9 Å². The van der Waals surface area contributed by atoms with Gasteiger partial charge in [0.05, 0.1) is 34.7 Å². The fraction of sp³-hybridized carbons (Fsp3) is 0. The predicted molar refractivity (Wildman–Crippen MR) is 226 cm³/mol. The Morgan fingerprint density at radius 2 is 0.576 bits per heavy atom. The van der Waals surface area contributed by atoms with Gasteiger partial charge < -0.3 is 50.4 Å². The van der Waals surface area contributed by atoms with Crippen LogP contribution >= 0.6 is 0 Å². The molecule has 0 fully saturated rings. The van der Waals surface area contributed by atoms with Crippen LogP contribution in [0, 0.1) is 0 Å². The van der Waals surface area contributed by atoms with Gasteiger partial charge in [0.2, 0.25) is 0 Å². The Bertz CT molecular complexity index is 2320. The van der Waals surface area contributed by atoms with E-state index in [1.54, 1.807) is 49.1 Å². The zero-order valence-electron chi connectivity index (χ0n) is 33.9. The standard InChI is InChI=1S/2C10H8N2.4C7H6O3.2Cu/c2*1-3-7-11-9(5-1)10-6-2-4-8-12-10;4*8-6-4-2-1-3-5(6)7(9)10;;/h2*1-8H;4*1-4,8H,(H,9,10);;/q;;;;;;2*+2/p-4. The largest absolute Gasteiger partial charge is 2.00 e. The normalized spacial score (nSPS) is 9.09. The van der Waals surface area contributed by atoms with Gasteiger partial charge in [-0.25, -0.2) is 9.59 Å². The number of hydrogen-bond acceptors (Lipinski definition) is 14. The van der Waals surface area contributed by atoms with Crippen LogP contribution in [0.25, 0.3) is 22.8 Å². The molecule has 4 aromatic heterocycles. The number of pyridine rings is 4. The summed E-state index contributed by atoms with van der Waals surface area (Å²) in [7, 11) is 0. The van der Waals surface area contributed by atoms with E-state index in [1.165, 1.54) is 72.8 Å². The van der Waals surface area contributed by atoms with Crippen LogP contribution in [0.3, 0.4) is 0 Å². The van der Waals surface area contributed by atoms with Gasteiger partial charge in [-0.1, -0.05) is 109 Å². The van der Waals surface area contributed by atoms with Gasteiger partial charge in [-0.15, -0.1) is 0 Å². The molecule has 0 aliphatic rings. The van der Waals surface area contributed by atoms with Crippen molar-refractivity contribution in [2.75, 3.05) is 0 Å². The summed E-state index contributed by atoms with van der Waals surface area (Å²) in [6.45, 7) is 0. The van der Waals surface area contributed by atoms with Crippen LogP contribution in [-0.2, 0) is 34.1 Å². The van der Waals surface area contributed by atoms with Crippen molar-refractivity contribution in [3.05, 3.63) is 217 Å². The first-order valence-electron chi connectivity index (χ1n) is 18.4. The van der Waals surface area contributed by atoms with Gasteiger partial charge in [-0.3, -0.25) is 19.9 Å². The molecule has 0 saturated carbocycles. The van der Waals surface area contributed by atoms with Crippen molar-refractivity contribution >= 4 is 23.9 Å². The van der Waals surface area contributed by atoms with Gasteiger partial charge in [0.1, 0.15) is 22.6 Å². The van der Waals surface area contributed by atoms with Crippen molar-refractivity contribution < 1.29 is 94.2 Å². The molecule has 342 valence electrons. The number of carboxylic acid groups (broad SMARTS) is 4. The van der Waals surface area contributed by atoms with E-state index in [4.69, 9.17) is 20.4 Å². The van der Waals surface area contributed by atoms with E-state index in [9.17, 15) is 39.6 Å². The van der Waals surface area contributed by atoms with Gasteiger partial charge in [0.25, 0.3) is 0 Å². The summed E-state index contributed by atoms with van der Waals surface area (Å²) < 4.78 is 0. The van der Waals surface area contributed by atoms with Crippen molar-refractivity contribution in [1.82, 2.24) is 19.9 Å². The molecule has 0 amide bonds. The fourth-order valence-corrected chi connectivity index (χ4v) is 4.64. The van der Waals surface area contributed by atoms with E-state index in [0.29, 0.717) is 0 Å². The molecule has 16 nitrogen and oxygen atoms in total. The van der Waals surface area contributed by atoms with E-state index < -0.39 is 35.4 Å². The number of carbonyl (C=O) groups excluding carboxylic acids is 2. The van der Waals surface area contributed by atoms with Crippen LogP contribution in [-0.4, -0.2) is 64.2 Å². The Morgan fingerprint density at radius 1 is 0.348 bits per heavy atom. The second kappa shape index (κ2) is 30.6. The Hall–Kier alpha value is -8.40. The molecule has 0 spiro atoms. The molecule has 4 heterocycles. The number of aromatic hydroxyl groups is 2. The predicted octanol–water partition coefficient (Wildman–Crippen LogP) is 4.71. The summed E-state index contributed by atoms with van der Waals surface area (Å²) in [6.07, 6.45) is 7.07. The minimum Gasteiger partial charge on any atom is -0.872 e. The number of hydrogen-bond donors (Lipinski definition) is 4. The van der Waals surface area contributed by atoms with Crippen LogP contribution in [0.15, 0.2) is 195 Å². The summed E-state index contributed by atoms with van der Waals surface area (Å²) in [6, 6.07) is 45.5. The van der Waals surface area contributed by atoms with Gasteiger partial charge in [0.15, 0.2) is 0 Å². The summed E-state index contributed by atoms with van der Waals surface area (Å²) in [5.41, 5.74) is 2.95. The van der Waals surface area contributed by atoms with Crippen molar-refractivity contribution in [3.8, 4) is 45.8 Å². The molecular formula is C48H36Cu2N4O12. The maximum atomic E-state index is 10.6. The molecule has 4 aromatic carbocycles. The molecule has 18 heteroatoms. The van der Waals surface area contributed by atoms with Crippen molar-refractivity contribution in [2.24, 2.45) is 0 Å². The Morgan fingerprint density at radius 3 is 0.742 bits per heavy atom. The van der Waals surface area contributed by atoms with Crippen LogP contribution in [0.2, 0.25) is 0 Å². The molecule has 2 radical (unpaired) electrons. The third-order valence-corrected chi connectivity index (χ3v) is 7.67. The van der Waals surface area contributed by atoms with Crippen LogP contribution < -0.4 is 20.4 Å². The maximum Gasteiger partial charge on any atom is 2.00 e. The second-order valence-corrected chi connectivity index (χ2v) is 12.1. The van der Waals surface area contributed by atoms with E-state index in [1.807, 2.05) is 72.8 Å². The number of aromatic nitrogens is 4. The van der Waals surface area contributed by atoms with Crippen LogP contribution in [0.1, 0.15) is 41.4 Å². The fourth-order valence-electron chi connectivity index (χ4n) is 4.64. The Labute approximate surface area is 398 Å². The molecule has 0 unspecified atom stereocenters. The molecule has 0 aliphatic heterocycles. The first-order chi connectivity index (χ1) is 30.8. The SMILES string of the molecule is O=C(O)c1ccccc1O.O=C(O)c1ccccc1O.O=C([O-])c1ccccc1[O-].O=C([O-])c1ccccc1[O-].[Cu+2].[Cu+2].c1ccc(-c2ccccn2)nc1.c1ccc(-c2ccccn2)nc1. The van der Waals surface area contributed by atoms with Gasteiger partial charge in [0, 0.05) is 24.8 Å². The third kappa shape index (κ3) is 19.8. The first kappa shape index (κ1) is 55.6. The van der Waals surface area contributed by atoms with E-state index in [-0.39, 0.29) is 67.9 Å². The summed E-state index contributed by atoms with van der Waals surface area (Å²) in [5.74, 6) is -6.50. The summed E-state index contributed by atoms with van der Waals surface area (Å²) >= 11 is 0. The molecule has 0 aliphatic carbocycles. The monoisotopic (exact) mass is 986 g/mol. The van der Waals surface area contributed by atoms with Crippen LogP contribution in [0.4, 0.5) is 0 Å². The Balaban J connectivity index is 0.000000395. The second-order valence-electron chi connectivity index (χ2n) is 12.1. The molecule has 4 N–H and O–H groups in total. The first-order valence-corrected chi connectivity index (χ1v) is 18.4. The topological polar surface area (TPSA) is 293 Å². The molecule has 0 bridgehead atoms. The number of carboxylic acids is 4. The molecule has 0 atom stereocenters. The van der Waals surface area contributed by atoms with E-state index >= 15 is 0 Å². The van der Waals surface area contributed by atoms with Crippen LogP contribution in [0.5, 0.6) is 23.0 Å². The average Bonchev–Trinajstić information content (AvgIpc) is 3.31. The summed E-state index contributed by atoms with van der Waals surface area (Å²) in [4.78, 5) is 57.5. The minimum absolute atomic E-state index is 0. The zero-order chi connectivity index (χ0) is 46.7. The number of para-hydroxylation sites is 4. The number of nitrogens with zero attached hydrogens (tertiary/aromatic N) is 4. The van der Waals surface area contributed by atoms with Crippen molar-refractivity contribution in [3.63, 3.8) is 0 Å². The smallest absolute Gasteiger partial charge is 0.872 e. The third-order valence-electron chi connectivity index (χ3n) is 7.67. The van der Waals surface area contributed by atoms with Gasteiger partial charge >= 0.3 is 46.1 Å². The molecule has 8 rings (SSSR count). The van der Waals surface area contributed by atoms with Gasteiger partial charge in [-0.2, -0.15) is 0 Å². The number of aromatic carboxylic acids is 4. The Kier molecular flexibility index (Phi) is 25.8. The molecule has 8 aromatic rings. The van der Waals surface area contributed by atoms with Crippen molar-refractivity contribution in [1.29, 1.82) is 0 Å². The molecular weight excluding hydrogens is 952 g/mol. The minimum atomic E-state index is -1.43. The van der Waals surface area contributed by atoms with E-state index in [2.05, 4.69) is 19.9 Å². The van der Waals surface area contributed by atoms with E-state index in [0.717, 1.165) is 22.8 Å². The number of benzene rings is 4. The number of phenols is 2. The zero-order valence-corrected chi connectivity index (χ0v) is 35.8. The van der Waals surface area contributed by atoms with Crippen molar-refractivity contribution in [2.45, 2.75) is 0 Å². The quantitative estimate of drug-likeness (QED) is 0.164. The molecule has 66 heavy (non-hydrogen) atoms. The average molecular weight is 988 g/mol.